The molecule has 0 unspecified atom stereocenters. The number of hydrogen-bond acceptors (Lipinski definition) is 3. The van der Waals surface area contributed by atoms with Crippen LogP contribution in [0.2, 0.25) is 0 Å². The number of nitrogens with one attached hydrogen (secondary N) is 1. The largest absolute Gasteiger partial charge is 0.330 e. The Morgan fingerprint density at radius 2 is 1.17 bits per heavy atom. The molecule has 0 amide bonds. The molecule has 6 heteroatoms. The van der Waals surface area contributed by atoms with Gasteiger partial charge >= 0.3 is 5.02 Å². The summed E-state index contributed by atoms with van der Waals surface area (Å²) in [5, 5.41) is 13.5. The zero-order valence-electron chi connectivity index (χ0n) is 7.82. The van der Waals surface area contributed by atoms with E-state index < -0.39 is 5.02 Å². The molecule has 0 aromatic heterocycles. The molecule has 0 fully saturated rings. The van der Waals surface area contributed by atoms with Gasteiger partial charge in [-0.2, -0.15) is 0 Å². The van der Waals surface area contributed by atoms with Crippen molar-refractivity contribution in [2.45, 2.75) is 26.7 Å². The van der Waals surface area contributed by atoms with E-state index in [2.05, 4.69) is 13.8 Å². The third-order valence-electron chi connectivity index (χ3n) is 0.577. The summed E-state index contributed by atoms with van der Waals surface area (Å²) in [6, 6.07) is 0. The fourth-order valence-electron chi connectivity index (χ4n) is 0. The van der Waals surface area contributed by atoms with Crippen molar-refractivity contribution in [3.05, 3.63) is 0 Å². The average Bonchev–Trinajstić information content (AvgIpc) is 2.03. The van der Waals surface area contributed by atoms with E-state index in [1.54, 1.807) is 0 Å². The highest BCUT2D eigenvalue weighted by atomic mass is 16.8. The Morgan fingerprint density at radius 1 is 1.08 bits per heavy atom. The molecule has 0 atom stereocenters. The van der Waals surface area contributed by atoms with Gasteiger partial charge in [0.1, 0.15) is 0 Å². The Hall–Kier alpha value is -0.880. The molecule has 7 N–H and O–H groups in total. The van der Waals surface area contributed by atoms with Gasteiger partial charge in [0, 0.05) is 5.53 Å². The minimum absolute atomic E-state index is 0.750. The summed E-state index contributed by atoms with van der Waals surface area (Å²) in [5.74, 6) is 0. The zero-order chi connectivity index (χ0) is 10.4. The zero-order valence-corrected chi connectivity index (χ0v) is 7.82. The average molecular weight is 181 g/mol. The molecule has 0 heterocycles. The van der Waals surface area contributed by atoms with Crippen LogP contribution >= 0.6 is 0 Å². The van der Waals surface area contributed by atoms with Gasteiger partial charge in [0.2, 0.25) is 0 Å². The van der Waals surface area contributed by atoms with Gasteiger partial charge in [-0.1, -0.05) is 13.8 Å². The topological polar surface area (TPSA) is 119 Å². The number of rotatable bonds is 2. The van der Waals surface area contributed by atoms with E-state index in [9.17, 15) is 0 Å². The Bertz CT molecular complexity index is 67.9. The summed E-state index contributed by atoms with van der Waals surface area (Å²) in [6.45, 7) is 5.75. The van der Waals surface area contributed by atoms with Crippen molar-refractivity contribution in [2.75, 3.05) is 13.1 Å². The highest BCUT2D eigenvalue weighted by molar-refractivity contribution is 4.19. The van der Waals surface area contributed by atoms with Crippen LogP contribution in [0.15, 0.2) is 0 Å². The van der Waals surface area contributed by atoms with Gasteiger partial charge in [0.05, 0.1) is 0 Å². The smallest absolute Gasteiger partial charge is 0.326 e. The van der Waals surface area contributed by atoms with Crippen LogP contribution in [-0.2, 0) is 0 Å². The molecule has 0 aliphatic carbocycles. The van der Waals surface area contributed by atoms with Crippen molar-refractivity contribution in [3.8, 4) is 0 Å². The normalized spacial score (nSPS) is 7.00. The van der Waals surface area contributed by atoms with E-state index >= 15 is 0 Å². The fourth-order valence-corrected chi connectivity index (χ4v) is 0. The number of hydrogen-bond donors (Lipinski definition) is 5. The minimum Gasteiger partial charge on any atom is -0.330 e. The molecule has 0 rings (SSSR count). The SMILES string of the molecule is CCCN.CCCN.N=[N+](O)O. The van der Waals surface area contributed by atoms with Crippen LogP contribution in [0.25, 0.3) is 0 Å². The molecule has 0 aromatic rings. The molecule has 6 nitrogen and oxygen atoms in total. The molecule has 76 valence electrons. The molecule has 0 spiro atoms. The summed E-state index contributed by atoms with van der Waals surface area (Å²) >= 11 is 0. The lowest BCUT2D eigenvalue weighted by atomic mass is 10.5. The first-order chi connectivity index (χ1) is 5.56. The molecular weight excluding hydrogens is 160 g/mol. The van der Waals surface area contributed by atoms with E-state index in [-0.39, 0.29) is 0 Å². The molecule has 0 radical (unpaired) electrons. The van der Waals surface area contributed by atoms with Gasteiger partial charge in [-0.3, -0.25) is 0 Å². The maximum Gasteiger partial charge on any atom is 0.326 e. The van der Waals surface area contributed by atoms with E-state index in [1.165, 1.54) is 0 Å². The third-order valence-corrected chi connectivity index (χ3v) is 0.577. The molecule has 0 bridgehead atoms. The highest BCUT2D eigenvalue weighted by Gasteiger charge is 1.68. The van der Waals surface area contributed by atoms with E-state index in [1.807, 2.05) is 0 Å². The van der Waals surface area contributed by atoms with Crippen LogP contribution in [0.4, 0.5) is 0 Å². The lowest BCUT2D eigenvalue weighted by Gasteiger charge is -1.70. The summed E-state index contributed by atoms with van der Waals surface area (Å²) in [5.41, 5.74) is 15.6. The van der Waals surface area contributed by atoms with Crippen molar-refractivity contribution in [1.82, 2.24) is 0 Å². The first-order valence-electron chi connectivity index (χ1n) is 3.85. The highest BCUT2D eigenvalue weighted by Crippen LogP contribution is 1.57. The van der Waals surface area contributed by atoms with Gasteiger partial charge in [-0.05, 0) is 25.9 Å². The lowest BCUT2D eigenvalue weighted by Crippen LogP contribution is -1.93. The van der Waals surface area contributed by atoms with Gasteiger partial charge in [-0.25, -0.2) is 10.4 Å². The summed E-state index contributed by atoms with van der Waals surface area (Å²) in [7, 11) is 0. The minimum atomic E-state index is -0.750. The second kappa shape index (κ2) is 22.5. The molecule has 0 aliphatic rings. The van der Waals surface area contributed by atoms with Crippen LogP contribution in [0.5, 0.6) is 0 Å². The fraction of sp³-hybridized carbons (Fsp3) is 1.00. The van der Waals surface area contributed by atoms with Crippen LogP contribution in [0, 0.1) is 5.53 Å². The molecule has 0 aromatic carbocycles. The molecule has 0 saturated heterocycles. The Morgan fingerprint density at radius 3 is 1.17 bits per heavy atom. The van der Waals surface area contributed by atoms with E-state index in [4.69, 9.17) is 27.4 Å². The van der Waals surface area contributed by atoms with Gasteiger partial charge < -0.3 is 11.5 Å². The monoisotopic (exact) mass is 181 g/mol. The number of nitrogens with two attached hydrogens (primary N) is 2. The summed E-state index contributed by atoms with van der Waals surface area (Å²) < 4.78 is 0. The van der Waals surface area contributed by atoms with Crippen LogP contribution in [0.1, 0.15) is 26.7 Å². The quantitative estimate of drug-likeness (QED) is 0.315. The summed E-state index contributed by atoms with van der Waals surface area (Å²) in [6.07, 6.45) is 2.19. The van der Waals surface area contributed by atoms with Crippen molar-refractivity contribution < 1.29 is 15.4 Å². The Labute approximate surface area is 73.2 Å². The van der Waals surface area contributed by atoms with Crippen molar-refractivity contribution in [1.29, 1.82) is 5.53 Å². The third kappa shape index (κ3) is 479. The maximum atomic E-state index is 7.11. The van der Waals surface area contributed by atoms with Gasteiger partial charge in [-0.15, -0.1) is 0 Å². The van der Waals surface area contributed by atoms with Gasteiger partial charge in [0.25, 0.3) is 0 Å². The van der Waals surface area contributed by atoms with Gasteiger partial charge in [0.15, 0.2) is 0 Å². The van der Waals surface area contributed by atoms with Crippen LogP contribution in [-0.4, -0.2) is 28.5 Å². The van der Waals surface area contributed by atoms with Crippen LogP contribution < -0.4 is 11.5 Å². The molecule has 12 heavy (non-hydrogen) atoms. The Kier molecular flexibility index (Phi) is 32.3. The molecule has 0 saturated carbocycles. The molecular formula is C6H21N4O2+. The van der Waals surface area contributed by atoms with Crippen LogP contribution in [0.3, 0.4) is 0 Å². The first-order valence-corrected chi connectivity index (χ1v) is 3.85. The standard InChI is InChI=1S/2C3H9N.H3N2O2/c2*1-2-3-4;1-2(3)4/h2*2-4H2,1H3;(H3,1,3,4)/q;;+1. The second-order valence-electron chi connectivity index (χ2n) is 1.87. The van der Waals surface area contributed by atoms with Crippen molar-refractivity contribution in [3.63, 3.8) is 0 Å². The van der Waals surface area contributed by atoms with E-state index in [0.29, 0.717) is 0 Å². The van der Waals surface area contributed by atoms with Crippen molar-refractivity contribution in [2.24, 2.45) is 11.5 Å². The summed E-state index contributed by atoms with van der Waals surface area (Å²) in [4.78, 5) is 0. The van der Waals surface area contributed by atoms with E-state index in [0.717, 1.165) is 25.9 Å². The molecule has 0 aliphatic heterocycles. The van der Waals surface area contributed by atoms with Crippen molar-refractivity contribution >= 4 is 0 Å². The predicted octanol–water partition coefficient (Wildman–Crippen LogP) is 0.518. The number of nitrogens with zero attached hydrogens (tertiary/aromatic N) is 1. The first kappa shape index (κ1) is 17.3. The predicted molar refractivity (Wildman–Crippen MR) is 45.2 cm³/mol. The Balaban J connectivity index is -0.000000101. The maximum absolute atomic E-state index is 7.11. The lowest BCUT2D eigenvalue weighted by molar-refractivity contribution is -1.01. The second-order valence-corrected chi connectivity index (χ2v) is 1.87.